The van der Waals surface area contributed by atoms with Gasteiger partial charge < -0.3 is 10.6 Å². The third-order valence-electron chi connectivity index (χ3n) is 4.72. The fourth-order valence-corrected chi connectivity index (χ4v) is 3.31. The molecule has 3 rings (SSSR count). The van der Waals surface area contributed by atoms with Gasteiger partial charge in [-0.3, -0.25) is 4.79 Å². The Bertz CT molecular complexity index is 691. The van der Waals surface area contributed by atoms with Crippen LogP contribution in [0.2, 0.25) is 0 Å². The number of amides is 1. The first-order chi connectivity index (χ1) is 11.6. The number of piperidine rings is 1. The lowest BCUT2D eigenvalue weighted by atomic mass is 9.90. The first-order valence-corrected chi connectivity index (χ1v) is 8.47. The Morgan fingerprint density at radius 2 is 1.79 bits per heavy atom. The van der Waals surface area contributed by atoms with Crippen LogP contribution >= 0.6 is 0 Å². The number of nitrogens with zero attached hydrogens (tertiary/aromatic N) is 1. The molecule has 0 saturated carbocycles. The summed E-state index contributed by atoms with van der Waals surface area (Å²) < 4.78 is 13.3. The van der Waals surface area contributed by atoms with Crippen LogP contribution in [0.3, 0.4) is 0 Å². The number of benzene rings is 2. The molecule has 0 spiro atoms. The molecule has 1 heterocycles. The Morgan fingerprint density at radius 3 is 2.46 bits per heavy atom. The summed E-state index contributed by atoms with van der Waals surface area (Å²) in [6.07, 6.45) is 3.26. The highest BCUT2D eigenvalue weighted by Crippen LogP contribution is 2.22. The van der Waals surface area contributed by atoms with E-state index in [1.54, 1.807) is 12.1 Å². The van der Waals surface area contributed by atoms with Crippen LogP contribution in [0.25, 0.3) is 0 Å². The van der Waals surface area contributed by atoms with E-state index in [0.29, 0.717) is 18.0 Å². The smallest absolute Gasteiger partial charge is 0.226 e. The zero-order valence-corrected chi connectivity index (χ0v) is 13.7. The van der Waals surface area contributed by atoms with Crippen molar-refractivity contribution in [1.29, 1.82) is 0 Å². The monoisotopic (exact) mass is 326 g/mol. The second-order valence-electron chi connectivity index (χ2n) is 6.58. The van der Waals surface area contributed by atoms with Gasteiger partial charge in [0.15, 0.2) is 0 Å². The minimum Gasteiger partial charge on any atom is -0.399 e. The second-order valence-corrected chi connectivity index (χ2v) is 6.58. The maximum Gasteiger partial charge on any atom is 0.226 e. The van der Waals surface area contributed by atoms with E-state index in [2.05, 4.69) is 0 Å². The molecule has 2 N–H and O–H groups in total. The molecule has 1 aliphatic heterocycles. The lowest BCUT2D eigenvalue weighted by molar-refractivity contribution is -0.131. The topological polar surface area (TPSA) is 46.3 Å². The fourth-order valence-electron chi connectivity index (χ4n) is 3.31. The number of halogens is 1. The number of likely N-dealkylation sites (tertiary alicyclic amines) is 1. The second kappa shape index (κ2) is 7.47. The van der Waals surface area contributed by atoms with E-state index in [0.717, 1.165) is 43.5 Å². The van der Waals surface area contributed by atoms with E-state index in [-0.39, 0.29) is 11.7 Å². The molecule has 0 bridgehead atoms. The van der Waals surface area contributed by atoms with Crippen molar-refractivity contribution >= 4 is 11.6 Å². The maximum atomic E-state index is 13.3. The van der Waals surface area contributed by atoms with Crippen LogP contribution in [-0.2, 0) is 17.6 Å². The zero-order chi connectivity index (χ0) is 16.9. The quantitative estimate of drug-likeness (QED) is 0.875. The largest absolute Gasteiger partial charge is 0.399 e. The number of hydrogen-bond donors (Lipinski definition) is 1. The molecule has 0 aliphatic carbocycles. The predicted molar refractivity (Wildman–Crippen MR) is 94.0 cm³/mol. The minimum atomic E-state index is -0.177. The van der Waals surface area contributed by atoms with Crippen LogP contribution in [0.15, 0.2) is 48.5 Å². The molecule has 126 valence electrons. The molecule has 0 atom stereocenters. The van der Waals surface area contributed by atoms with E-state index < -0.39 is 0 Å². The highest BCUT2D eigenvalue weighted by Gasteiger charge is 2.23. The highest BCUT2D eigenvalue weighted by atomic mass is 19.1. The van der Waals surface area contributed by atoms with Gasteiger partial charge in [-0.05, 0) is 60.6 Å². The van der Waals surface area contributed by atoms with Crippen molar-refractivity contribution in [1.82, 2.24) is 4.90 Å². The van der Waals surface area contributed by atoms with Crippen molar-refractivity contribution in [2.75, 3.05) is 18.8 Å². The Morgan fingerprint density at radius 1 is 1.08 bits per heavy atom. The Balaban J connectivity index is 1.49. The summed E-state index contributed by atoms with van der Waals surface area (Å²) in [6, 6.07) is 14.3. The van der Waals surface area contributed by atoms with Crippen molar-refractivity contribution < 1.29 is 9.18 Å². The number of carbonyl (C=O) groups excluding carboxylic acids is 1. The standard InChI is InChI=1S/C20H23FN2O/c21-18-3-1-2-17(13-18)12-16-8-10-23(11-9-16)20(24)14-15-4-6-19(22)7-5-15/h1-7,13,16H,8-12,14,22H2. The molecule has 0 aromatic heterocycles. The van der Waals surface area contributed by atoms with Crippen LogP contribution in [0.4, 0.5) is 10.1 Å². The number of anilines is 1. The van der Waals surface area contributed by atoms with E-state index in [4.69, 9.17) is 5.73 Å². The van der Waals surface area contributed by atoms with Gasteiger partial charge in [-0.2, -0.15) is 0 Å². The molecule has 2 aromatic rings. The van der Waals surface area contributed by atoms with Gasteiger partial charge >= 0.3 is 0 Å². The van der Waals surface area contributed by atoms with E-state index in [9.17, 15) is 9.18 Å². The van der Waals surface area contributed by atoms with Gasteiger partial charge in [0.1, 0.15) is 5.82 Å². The maximum absolute atomic E-state index is 13.3. The third-order valence-corrected chi connectivity index (χ3v) is 4.72. The van der Waals surface area contributed by atoms with Crippen molar-refractivity contribution in [3.8, 4) is 0 Å². The third kappa shape index (κ3) is 4.34. The van der Waals surface area contributed by atoms with Gasteiger partial charge in [-0.25, -0.2) is 4.39 Å². The van der Waals surface area contributed by atoms with Crippen molar-refractivity contribution in [3.63, 3.8) is 0 Å². The van der Waals surface area contributed by atoms with Crippen LogP contribution in [-0.4, -0.2) is 23.9 Å². The van der Waals surface area contributed by atoms with E-state index >= 15 is 0 Å². The lowest BCUT2D eigenvalue weighted by Gasteiger charge is -2.32. The van der Waals surface area contributed by atoms with Gasteiger partial charge in [-0.1, -0.05) is 24.3 Å². The average molecular weight is 326 g/mol. The molecule has 3 nitrogen and oxygen atoms in total. The Labute approximate surface area is 142 Å². The summed E-state index contributed by atoms with van der Waals surface area (Å²) in [5.74, 6) is 0.514. The van der Waals surface area contributed by atoms with Crippen molar-refractivity contribution in [3.05, 3.63) is 65.5 Å². The number of carbonyl (C=O) groups is 1. The molecule has 1 amide bonds. The van der Waals surface area contributed by atoms with Crippen LogP contribution < -0.4 is 5.73 Å². The molecule has 24 heavy (non-hydrogen) atoms. The van der Waals surface area contributed by atoms with Gasteiger partial charge in [0.25, 0.3) is 0 Å². The minimum absolute atomic E-state index is 0.170. The van der Waals surface area contributed by atoms with Gasteiger partial charge in [0, 0.05) is 18.8 Å². The van der Waals surface area contributed by atoms with E-state index in [1.807, 2.05) is 35.2 Å². The molecule has 0 unspecified atom stereocenters. The Kier molecular flexibility index (Phi) is 5.14. The average Bonchev–Trinajstić information content (AvgIpc) is 2.57. The van der Waals surface area contributed by atoms with Gasteiger partial charge in [0.2, 0.25) is 5.91 Å². The van der Waals surface area contributed by atoms with Crippen molar-refractivity contribution in [2.24, 2.45) is 5.92 Å². The SMILES string of the molecule is Nc1ccc(CC(=O)N2CCC(Cc3cccc(F)c3)CC2)cc1. The number of rotatable bonds is 4. The summed E-state index contributed by atoms with van der Waals surface area (Å²) in [6.45, 7) is 1.57. The lowest BCUT2D eigenvalue weighted by Crippen LogP contribution is -2.39. The molecule has 2 aromatic carbocycles. The summed E-state index contributed by atoms with van der Waals surface area (Å²) in [4.78, 5) is 14.4. The number of nitrogens with two attached hydrogens (primary N) is 1. The summed E-state index contributed by atoms with van der Waals surface area (Å²) in [5.41, 5.74) is 8.42. The first kappa shape index (κ1) is 16.5. The normalized spacial score (nSPS) is 15.5. The van der Waals surface area contributed by atoms with Gasteiger partial charge in [-0.15, -0.1) is 0 Å². The summed E-state index contributed by atoms with van der Waals surface area (Å²) in [7, 11) is 0. The van der Waals surface area contributed by atoms with Crippen LogP contribution in [0, 0.1) is 11.7 Å². The summed E-state index contributed by atoms with van der Waals surface area (Å²) >= 11 is 0. The van der Waals surface area contributed by atoms with Crippen LogP contribution in [0.1, 0.15) is 24.0 Å². The molecular weight excluding hydrogens is 303 g/mol. The van der Waals surface area contributed by atoms with E-state index in [1.165, 1.54) is 6.07 Å². The van der Waals surface area contributed by atoms with Crippen molar-refractivity contribution in [2.45, 2.75) is 25.7 Å². The first-order valence-electron chi connectivity index (χ1n) is 8.47. The molecule has 0 radical (unpaired) electrons. The molecular formula is C20H23FN2O. The number of hydrogen-bond acceptors (Lipinski definition) is 2. The van der Waals surface area contributed by atoms with Crippen LogP contribution in [0.5, 0.6) is 0 Å². The Hall–Kier alpha value is -2.36. The fraction of sp³-hybridized carbons (Fsp3) is 0.350. The molecule has 1 saturated heterocycles. The predicted octanol–water partition coefficient (Wildman–Crippen LogP) is 3.43. The van der Waals surface area contributed by atoms with Gasteiger partial charge in [0.05, 0.1) is 6.42 Å². The highest BCUT2D eigenvalue weighted by molar-refractivity contribution is 5.79. The number of nitrogen functional groups attached to an aromatic ring is 1. The molecule has 4 heteroatoms. The summed E-state index contributed by atoms with van der Waals surface area (Å²) in [5, 5.41) is 0. The molecule has 1 fully saturated rings. The zero-order valence-electron chi connectivity index (χ0n) is 13.7. The molecule has 1 aliphatic rings.